The zero-order valence-electron chi connectivity index (χ0n) is 39.3. The van der Waals surface area contributed by atoms with Gasteiger partial charge in [0.2, 0.25) is 11.8 Å². The summed E-state index contributed by atoms with van der Waals surface area (Å²) in [5, 5.41) is 20.6. The van der Waals surface area contributed by atoms with Crippen molar-refractivity contribution >= 4 is 44.9 Å². The number of nitrogens with two attached hydrogens (primary N) is 1. The molecule has 7 N–H and O–H groups in total. The van der Waals surface area contributed by atoms with E-state index in [9.17, 15) is 9.59 Å². The lowest BCUT2D eigenvalue weighted by atomic mass is 10.0. The number of nitrogens with one attached hydrogen (secondary N) is 5. The van der Waals surface area contributed by atoms with Crippen molar-refractivity contribution in [2.45, 2.75) is 98.6 Å². The molecule has 2 amide bonds. The molecule has 5 aromatic rings. The molecule has 2 aliphatic rings. The van der Waals surface area contributed by atoms with Crippen molar-refractivity contribution in [3.63, 3.8) is 0 Å². The molecule has 2 aliphatic heterocycles. The molecule has 7 rings (SSSR count). The third kappa shape index (κ3) is 11.6. The SMILES string of the molecule is C=CNC(Nc1ccc2c(c1)on1c3ccc(C4NC=C(N(CCC)OC)N4)cc3c(C#Cc3cccc(OC)c3)c21)C1CCCN1C(=O)CC(C)C.CC(=O)NC(C)C(C)C.CN. The molecule has 14 heteroatoms. The Balaban J connectivity index is 0.000000626. The molecule has 0 saturated carbocycles. The van der Waals surface area contributed by atoms with E-state index in [4.69, 9.17) is 14.1 Å². The Morgan fingerprint density at radius 1 is 1.05 bits per heavy atom. The number of ether oxygens (including phenoxy) is 1. The van der Waals surface area contributed by atoms with Gasteiger partial charge in [0.05, 0.1) is 31.3 Å². The summed E-state index contributed by atoms with van der Waals surface area (Å²) in [5.74, 6) is 9.61. The first-order chi connectivity index (χ1) is 30.8. The second kappa shape index (κ2) is 22.9. The summed E-state index contributed by atoms with van der Waals surface area (Å²) in [7, 11) is 4.84. The van der Waals surface area contributed by atoms with Gasteiger partial charge in [-0.2, -0.15) is 4.57 Å². The lowest BCUT2D eigenvalue weighted by molar-refractivity contribution is -0.133. The highest BCUT2D eigenvalue weighted by Gasteiger charge is 2.35. The summed E-state index contributed by atoms with van der Waals surface area (Å²) >= 11 is 0. The van der Waals surface area contributed by atoms with E-state index in [0.29, 0.717) is 24.3 Å². The number of rotatable bonds is 15. The number of fused-ring (bicyclic) bond motifs is 5. The molecule has 14 nitrogen and oxygen atoms in total. The molecule has 0 radical (unpaired) electrons. The van der Waals surface area contributed by atoms with Crippen molar-refractivity contribution in [2.24, 2.45) is 17.6 Å². The number of nitrogens with zero attached hydrogens (tertiary/aromatic N) is 3. The first-order valence-corrected chi connectivity index (χ1v) is 22.3. The lowest BCUT2D eigenvalue weighted by Gasteiger charge is -2.33. The Bertz CT molecular complexity index is 2460. The van der Waals surface area contributed by atoms with Crippen molar-refractivity contribution in [1.82, 2.24) is 35.8 Å². The van der Waals surface area contributed by atoms with E-state index in [2.05, 4.69) is 116 Å². The van der Waals surface area contributed by atoms with Crippen molar-refractivity contribution in [2.75, 3.05) is 39.7 Å². The molecule has 3 aromatic carbocycles. The monoisotopic (exact) mass is 876 g/mol. The maximum Gasteiger partial charge on any atom is 0.223 e. The smallest absolute Gasteiger partial charge is 0.223 e. The minimum Gasteiger partial charge on any atom is -0.497 e. The van der Waals surface area contributed by atoms with Crippen LogP contribution in [0.4, 0.5) is 5.69 Å². The fourth-order valence-electron chi connectivity index (χ4n) is 7.93. The highest BCUT2D eigenvalue weighted by molar-refractivity contribution is 6.07. The van der Waals surface area contributed by atoms with Gasteiger partial charge in [-0.3, -0.25) is 14.4 Å². The molecular formula is C50H69N9O5. The van der Waals surface area contributed by atoms with Crippen molar-refractivity contribution in [3.8, 4) is 17.6 Å². The quantitative estimate of drug-likeness (QED) is 0.0346. The van der Waals surface area contributed by atoms with Gasteiger partial charge in [-0.25, -0.2) is 5.06 Å². The summed E-state index contributed by atoms with van der Waals surface area (Å²) in [6, 6.07) is 20.6. The van der Waals surface area contributed by atoms with E-state index >= 15 is 0 Å². The molecule has 1 fully saturated rings. The van der Waals surface area contributed by atoms with Gasteiger partial charge in [0.25, 0.3) is 0 Å². The van der Waals surface area contributed by atoms with Gasteiger partial charge in [-0.05, 0) is 99.3 Å². The topological polar surface area (TPSA) is 163 Å². The van der Waals surface area contributed by atoms with Gasteiger partial charge in [-0.1, -0.05) is 65.2 Å². The summed E-state index contributed by atoms with van der Waals surface area (Å²) in [6.07, 6.45) is 6.66. The van der Waals surface area contributed by atoms with Gasteiger partial charge in [-0.15, -0.1) is 0 Å². The Labute approximate surface area is 378 Å². The van der Waals surface area contributed by atoms with Crippen LogP contribution in [0.5, 0.6) is 5.75 Å². The van der Waals surface area contributed by atoms with E-state index in [1.54, 1.807) is 27.3 Å². The molecule has 4 heterocycles. The molecule has 4 atom stereocenters. The fraction of sp³-hybridized carbons (Fsp3) is 0.440. The van der Waals surface area contributed by atoms with Crippen LogP contribution in [0.25, 0.3) is 27.4 Å². The van der Waals surface area contributed by atoms with Crippen LogP contribution in [0, 0.1) is 23.7 Å². The minimum absolute atomic E-state index is 0.00170. The van der Waals surface area contributed by atoms with Crippen molar-refractivity contribution in [1.29, 1.82) is 0 Å². The molecule has 0 aliphatic carbocycles. The summed E-state index contributed by atoms with van der Waals surface area (Å²) in [6.45, 7) is 19.5. The van der Waals surface area contributed by atoms with Crippen LogP contribution < -0.4 is 37.1 Å². The fourth-order valence-corrected chi connectivity index (χ4v) is 7.93. The summed E-state index contributed by atoms with van der Waals surface area (Å²) in [5.41, 5.74) is 10.7. The predicted octanol–water partition coefficient (Wildman–Crippen LogP) is 7.76. The molecular weight excluding hydrogens is 807 g/mol. The Kier molecular flexibility index (Phi) is 17.4. The van der Waals surface area contributed by atoms with E-state index in [0.717, 1.165) is 93.7 Å². The number of amides is 2. The second-order valence-electron chi connectivity index (χ2n) is 16.8. The number of methoxy groups -OCH3 is 1. The standard InChI is InChI=1S/C42H49N7O4.C7H15NO.CH5N/c1-7-20-48(52-6)38-26-44-41(46-38)29-15-19-35-34(24-29)32(17-14-28-11-9-12-31(23-28)51-5)40-33-18-16-30(25-37(33)53-49(35)40)45-42(43-8-2)36-13-10-21-47(36)39(50)22-27(3)4;1-5(2)6(3)8-7(4)9;1-2/h8-9,11-12,15-16,18-19,23-27,36,41-46H,2,7,10,13,20-22H2,1,3-6H3;5-6H,1-4H3,(H,8,9);2H2,1H3. The van der Waals surface area contributed by atoms with E-state index in [1.165, 1.54) is 7.05 Å². The van der Waals surface area contributed by atoms with Crippen LogP contribution in [0.3, 0.4) is 0 Å². The zero-order valence-corrected chi connectivity index (χ0v) is 39.3. The van der Waals surface area contributed by atoms with Gasteiger partial charge >= 0.3 is 0 Å². The number of hydrogen-bond acceptors (Lipinski definition) is 11. The second-order valence-corrected chi connectivity index (χ2v) is 16.8. The maximum absolute atomic E-state index is 13.2. The molecule has 4 unspecified atom stereocenters. The number of likely N-dealkylation sites (tertiary alicyclic amines) is 1. The predicted molar refractivity (Wildman–Crippen MR) is 258 cm³/mol. The first-order valence-electron chi connectivity index (χ1n) is 22.3. The largest absolute Gasteiger partial charge is 0.497 e. The van der Waals surface area contributed by atoms with Crippen molar-refractivity contribution < 1.29 is 23.7 Å². The number of carbonyl (C=O) groups is 2. The average Bonchev–Trinajstić information content (AvgIpc) is 4.10. The highest BCUT2D eigenvalue weighted by atomic mass is 16.7. The molecule has 344 valence electrons. The van der Waals surface area contributed by atoms with Crippen LogP contribution >= 0.6 is 0 Å². The third-order valence-corrected chi connectivity index (χ3v) is 11.3. The van der Waals surface area contributed by atoms with Gasteiger partial charge in [0.1, 0.15) is 29.4 Å². The summed E-state index contributed by atoms with van der Waals surface area (Å²) in [4.78, 5) is 31.2. The number of hydrogen-bond donors (Lipinski definition) is 6. The number of hydroxylamine groups is 2. The average molecular weight is 876 g/mol. The first kappa shape index (κ1) is 48.7. The molecule has 0 spiro atoms. The summed E-state index contributed by atoms with van der Waals surface area (Å²) < 4.78 is 14.0. The minimum atomic E-state index is -0.209. The van der Waals surface area contributed by atoms with E-state index in [1.807, 2.05) is 58.0 Å². The van der Waals surface area contributed by atoms with Gasteiger partial charge in [0.15, 0.2) is 5.58 Å². The van der Waals surface area contributed by atoms with Gasteiger partial charge < -0.3 is 46.5 Å². The van der Waals surface area contributed by atoms with Crippen LogP contribution in [0.2, 0.25) is 0 Å². The number of carbonyl (C=O) groups excluding carboxylic acids is 2. The third-order valence-electron chi connectivity index (χ3n) is 11.3. The molecule has 1 saturated heterocycles. The molecule has 64 heavy (non-hydrogen) atoms. The number of aromatic nitrogens is 1. The normalized spacial score (nSPS) is 16.3. The maximum atomic E-state index is 13.2. The van der Waals surface area contributed by atoms with Crippen molar-refractivity contribution in [3.05, 3.63) is 102 Å². The Morgan fingerprint density at radius 2 is 1.83 bits per heavy atom. The van der Waals surface area contributed by atoms with Crippen LogP contribution in [-0.2, 0) is 14.4 Å². The zero-order chi connectivity index (χ0) is 46.5. The number of anilines is 1. The molecule has 2 aromatic heterocycles. The molecule has 0 bridgehead atoms. The van der Waals surface area contributed by atoms with E-state index in [-0.39, 0.29) is 30.2 Å². The lowest BCUT2D eigenvalue weighted by Crippen LogP contribution is -2.51. The Hall–Kier alpha value is -6.30. The Morgan fingerprint density at radius 3 is 2.48 bits per heavy atom. The highest BCUT2D eigenvalue weighted by Crippen LogP contribution is 2.36. The van der Waals surface area contributed by atoms with Crippen LogP contribution in [0.1, 0.15) is 97.0 Å². The van der Waals surface area contributed by atoms with E-state index < -0.39 is 0 Å². The van der Waals surface area contributed by atoms with Crippen LogP contribution in [-0.4, -0.2) is 79.0 Å². The van der Waals surface area contributed by atoms with Gasteiger partial charge in [0, 0.05) is 66.8 Å². The number of benzene rings is 3. The van der Waals surface area contributed by atoms with Crippen LogP contribution in [0.15, 0.2) is 90.0 Å².